The van der Waals surface area contributed by atoms with Crippen molar-refractivity contribution in [2.24, 2.45) is 0 Å². The molecule has 0 aliphatic carbocycles. The zero-order valence-corrected chi connectivity index (χ0v) is 12.0. The van der Waals surface area contributed by atoms with Gasteiger partial charge in [0.05, 0.1) is 0 Å². The van der Waals surface area contributed by atoms with Crippen LogP contribution in [0.3, 0.4) is 0 Å². The van der Waals surface area contributed by atoms with E-state index in [0.29, 0.717) is 0 Å². The first-order valence-electron chi connectivity index (χ1n) is 4.56. The highest BCUT2D eigenvalue weighted by atomic mass is 32.3. The van der Waals surface area contributed by atoms with E-state index in [2.05, 4.69) is 24.7 Å². The molecule has 2 N–H and O–H groups in total. The van der Waals surface area contributed by atoms with Crippen molar-refractivity contribution in [3.8, 4) is 0 Å². The zero-order valence-electron chi connectivity index (χ0n) is 9.43. The minimum absolute atomic E-state index is 1.27. The first kappa shape index (κ1) is 16.8. The van der Waals surface area contributed by atoms with Crippen LogP contribution in [0.1, 0.15) is 0 Å². The van der Waals surface area contributed by atoms with Crippen molar-refractivity contribution in [1.29, 1.82) is 0 Å². The second kappa shape index (κ2) is 6.45. The minimum atomic E-state index is -5.08. The fourth-order valence-corrected chi connectivity index (χ4v) is 2.64. The Kier molecular flexibility index (Phi) is 5.42. The molecule has 110 valence electrons. The van der Waals surface area contributed by atoms with Gasteiger partial charge in [-0.15, -0.1) is 0 Å². The number of rotatable bonds is 4. The highest BCUT2D eigenvalue weighted by Gasteiger charge is 2.36. The lowest BCUT2D eigenvalue weighted by atomic mass is 10.4. The predicted octanol–water partition coefficient (Wildman–Crippen LogP) is 0.333. The van der Waals surface area contributed by atoms with Crippen LogP contribution in [-0.4, -0.2) is 36.7 Å². The highest BCUT2D eigenvalue weighted by Crippen LogP contribution is 2.27. The summed E-state index contributed by atoms with van der Waals surface area (Å²) >= 11 is 0. The number of fused-ring (bicyclic) bond motifs is 1. The Balaban J connectivity index is 0.000000212. The fourth-order valence-electron chi connectivity index (χ4n) is 1.08. The van der Waals surface area contributed by atoms with Gasteiger partial charge >= 0.3 is 29.1 Å². The Morgan fingerprint density at radius 1 is 1.05 bits per heavy atom. The van der Waals surface area contributed by atoms with Gasteiger partial charge in [0.25, 0.3) is 0 Å². The molecule has 20 heavy (non-hydrogen) atoms. The van der Waals surface area contributed by atoms with E-state index < -0.39 is 29.1 Å². The summed E-state index contributed by atoms with van der Waals surface area (Å²) in [5, 5.41) is 0. The molecule has 2 rings (SSSR count). The minimum Gasteiger partial charge on any atom is -0.261 e. The number of hydrogen-bond donors (Lipinski definition) is 2. The summed E-state index contributed by atoms with van der Waals surface area (Å²) in [6, 6.07) is 0. The Labute approximate surface area is 115 Å². The summed E-state index contributed by atoms with van der Waals surface area (Å²) < 4.78 is 72.8. The number of allylic oxidation sites excluding steroid dienone is 4. The molecule has 2 aliphatic rings. The predicted molar refractivity (Wildman–Crippen MR) is 65.6 cm³/mol. The van der Waals surface area contributed by atoms with E-state index in [9.17, 15) is 21.4 Å². The Morgan fingerprint density at radius 2 is 1.60 bits per heavy atom. The Hall–Kier alpha value is -1.27. The largest absolute Gasteiger partial charge is 0.735 e. The SMILES string of the molecule is C1=CC2=CC=C[N+]2=C1.O=[P+](OS(=O)(=O)O)OS(=O)(=O)O. The summed E-state index contributed by atoms with van der Waals surface area (Å²) in [4.78, 5) is 0. The lowest BCUT2D eigenvalue weighted by molar-refractivity contribution is -0.380. The monoisotopic (exact) mass is 345 g/mol. The molecule has 0 bridgehead atoms. The van der Waals surface area contributed by atoms with E-state index in [0.717, 1.165) is 0 Å². The third-order valence-corrected chi connectivity index (χ3v) is 4.12. The maximum absolute atomic E-state index is 10.1. The van der Waals surface area contributed by atoms with Gasteiger partial charge < -0.3 is 0 Å². The molecule has 0 radical (unpaired) electrons. The maximum atomic E-state index is 10.1. The quantitative estimate of drug-likeness (QED) is 0.418. The summed E-state index contributed by atoms with van der Waals surface area (Å²) in [5.41, 5.74) is 1.27. The van der Waals surface area contributed by atoms with E-state index >= 15 is 0 Å². The molecular weight excluding hydrogens is 337 g/mol. The van der Waals surface area contributed by atoms with Crippen LogP contribution in [0.4, 0.5) is 0 Å². The first-order chi connectivity index (χ1) is 9.07. The fraction of sp³-hybridized carbons (Fsp3) is 0. The standard InChI is InChI=1S/C7H6N.HO9PS2/c1-3-7-4-2-6-8(7)5-1;1-10(8-11(2,3)4)9-12(5,6)7/h1-6H;(H-,2,3,4,5,6,7)/q+1;/p+1. The molecule has 0 aromatic heterocycles. The van der Waals surface area contributed by atoms with Crippen LogP contribution in [0.25, 0.3) is 0 Å². The molecule has 0 amide bonds. The molecule has 0 aromatic rings. The highest BCUT2D eigenvalue weighted by molar-refractivity contribution is 7.87. The van der Waals surface area contributed by atoms with Gasteiger partial charge in [0.2, 0.25) is 5.70 Å². The second-order valence-corrected chi connectivity index (χ2v) is 6.43. The molecule has 0 aromatic carbocycles. The van der Waals surface area contributed by atoms with Crippen molar-refractivity contribution in [1.82, 2.24) is 0 Å². The Bertz CT molecular complexity index is 666. The van der Waals surface area contributed by atoms with Gasteiger partial charge in [-0.05, 0) is 0 Å². The van der Waals surface area contributed by atoms with E-state index in [1.54, 1.807) is 0 Å². The maximum Gasteiger partial charge on any atom is 0.735 e. The van der Waals surface area contributed by atoms with Gasteiger partial charge in [-0.2, -0.15) is 21.4 Å². The molecule has 0 saturated carbocycles. The average molecular weight is 345 g/mol. The number of hydrogen-bond acceptors (Lipinski definition) is 7. The zero-order chi connectivity index (χ0) is 15.4. The first-order valence-corrected chi connectivity index (χ1v) is 8.39. The van der Waals surface area contributed by atoms with Crippen LogP contribution in [0.2, 0.25) is 0 Å². The lowest BCUT2D eigenvalue weighted by Gasteiger charge is -1.82. The summed E-state index contributed by atoms with van der Waals surface area (Å²) in [7, 11) is -13.8. The van der Waals surface area contributed by atoms with Gasteiger partial charge in [0, 0.05) is 36.8 Å². The molecule has 0 atom stereocenters. The van der Waals surface area contributed by atoms with Gasteiger partial charge in [-0.1, -0.05) is 0 Å². The lowest BCUT2D eigenvalue weighted by Crippen LogP contribution is -2.02. The van der Waals surface area contributed by atoms with Crippen LogP contribution in [0.15, 0.2) is 36.2 Å². The van der Waals surface area contributed by atoms with Gasteiger partial charge in [0.15, 0.2) is 12.4 Å². The van der Waals surface area contributed by atoms with E-state index in [1.165, 1.54) is 5.70 Å². The van der Waals surface area contributed by atoms with Crippen molar-refractivity contribution in [2.45, 2.75) is 0 Å². The molecule has 2 heterocycles. The van der Waals surface area contributed by atoms with Crippen LogP contribution in [-0.2, 0) is 33.3 Å². The summed E-state index contributed by atoms with van der Waals surface area (Å²) in [5.74, 6) is 0. The van der Waals surface area contributed by atoms with Crippen LogP contribution in [0, 0.1) is 0 Å². The van der Waals surface area contributed by atoms with E-state index in [-0.39, 0.29) is 0 Å². The molecule has 10 nitrogen and oxygen atoms in total. The van der Waals surface area contributed by atoms with Gasteiger partial charge in [-0.25, -0.2) is 0 Å². The third-order valence-electron chi connectivity index (χ3n) is 1.64. The van der Waals surface area contributed by atoms with Crippen LogP contribution >= 0.6 is 8.25 Å². The topological polar surface area (TPSA) is 147 Å². The van der Waals surface area contributed by atoms with Gasteiger partial charge in [0.1, 0.15) is 0 Å². The summed E-state index contributed by atoms with van der Waals surface area (Å²) in [6.07, 6.45) is 12.3. The van der Waals surface area contributed by atoms with Crippen molar-refractivity contribution >= 4 is 35.3 Å². The smallest absolute Gasteiger partial charge is 0.261 e. The molecule has 0 spiro atoms. The molecular formula is C7H8NO9PS2+2. The van der Waals surface area contributed by atoms with Crippen molar-refractivity contribution < 1.29 is 43.0 Å². The van der Waals surface area contributed by atoms with Gasteiger partial charge in [-0.3, -0.25) is 9.11 Å². The van der Waals surface area contributed by atoms with E-state index in [1.807, 2.05) is 24.6 Å². The molecule has 0 saturated heterocycles. The molecule has 13 heteroatoms. The van der Waals surface area contributed by atoms with E-state index in [4.69, 9.17) is 9.11 Å². The molecule has 0 fully saturated rings. The van der Waals surface area contributed by atoms with Crippen LogP contribution < -0.4 is 0 Å². The summed E-state index contributed by atoms with van der Waals surface area (Å²) in [6.45, 7) is 0. The normalized spacial score (nSPS) is 16.1. The molecule has 2 aliphatic heterocycles. The van der Waals surface area contributed by atoms with Crippen LogP contribution in [0.5, 0.6) is 0 Å². The Morgan fingerprint density at radius 3 is 2.05 bits per heavy atom. The molecule has 0 unspecified atom stereocenters. The second-order valence-electron chi connectivity index (χ2n) is 3.08. The number of nitrogens with zero attached hydrogens (tertiary/aromatic N) is 1. The van der Waals surface area contributed by atoms with Crippen molar-refractivity contribution in [3.05, 3.63) is 36.2 Å². The van der Waals surface area contributed by atoms with Crippen molar-refractivity contribution in [2.75, 3.05) is 0 Å². The van der Waals surface area contributed by atoms with Crippen molar-refractivity contribution in [3.63, 3.8) is 0 Å². The third kappa shape index (κ3) is 6.77. The average Bonchev–Trinajstić information content (AvgIpc) is 2.70.